The molecule has 25 heavy (non-hydrogen) atoms. The first-order valence-corrected chi connectivity index (χ1v) is 10.6. The monoisotopic (exact) mass is 342 g/mol. The van der Waals surface area contributed by atoms with Crippen molar-refractivity contribution in [3.05, 3.63) is 29.8 Å². The van der Waals surface area contributed by atoms with Crippen LogP contribution in [0.2, 0.25) is 0 Å². The Hall–Kier alpha value is -1.06. The van der Waals surface area contributed by atoms with Crippen LogP contribution in [0.4, 0.5) is 0 Å². The normalized spacial score (nSPS) is 28.0. The maximum Gasteiger partial charge on any atom is 0.119 e. The van der Waals surface area contributed by atoms with Crippen LogP contribution in [0.5, 0.6) is 5.75 Å². The largest absolute Gasteiger partial charge is 0.494 e. The highest BCUT2D eigenvalue weighted by Gasteiger charge is 2.35. The Morgan fingerprint density at radius 1 is 0.840 bits per heavy atom. The van der Waals surface area contributed by atoms with E-state index in [1.807, 2.05) is 0 Å². The molecule has 0 radical (unpaired) electrons. The van der Waals surface area contributed by atoms with Crippen LogP contribution in [0.15, 0.2) is 24.3 Å². The molecule has 0 spiro atoms. The van der Waals surface area contributed by atoms with Gasteiger partial charge >= 0.3 is 0 Å². The minimum absolute atomic E-state index is 0.651. The molecular formula is C22H34N2O. The van der Waals surface area contributed by atoms with E-state index >= 15 is 0 Å². The smallest absolute Gasteiger partial charge is 0.119 e. The summed E-state index contributed by atoms with van der Waals surface area (Å²) in [4.78, 5) is 5.35. The van der Waals surface area contributed by atoms with E-state index in [0.717, 1.165) is 24.8 Å². The van der Waals surface area contributed by atoms with Crippen LogP contribution in [0, 0.1) is 0 Å². The van der Waals surface area contributed by atoms with Crippen molar-refractivity contribution in [2.45, 2.75) is 69.9 Å². The molecule has 1 aromatic rings. The molecule has 0 N–H and O–H groups in total. The number of likely N-dealkylation sites (tertiary alicyclic amines) is 1. The van der Waals surface area contributed by atoms with E-state index in [4.69, 9.17) is 4.74 Å². The van der Waals surface area contributed by atoms with Gasteiger partial charge < -0.3 is 9.64 Å². The molecule has 2 atom stereocenters. The van der Waals surface area contributed by atoms with Gasteiger partial charge in [-0.1, -0.05) is 25.0 Å². The van der Waals surface area contributed by atoms with Crippen molar-refractivity contribution in [2.75, 3.05) is 32.8 Å². The summed E-state index contributed by atoms with van der Waals surface area (Å²) in [5.74, 6) is 1.04. The number of benzene rings is 1. The van der Waals surface area contributed by atoms with Crippen molar-refractivity contribution in [3.63, 3.8) is 0 Å². The lowest BCUT2D eigenvalue weighted by molar-refractivity contribution is 0.150. The molecule has 3 fully saturated rings. The van der Waals surface area contributed by atoms with Crippen molar-refractivity contribution in [1.29, 1.82) is 0 Å². The number of nitrogens with zero attached hydrogens (tertiary/aromatic N) is 2. The molecule has 3 heteroatoms. The number of piperidine rings is 2. The third-order valence-corrected chi connectivity index (χ3v) is 6.45. The van der Waals surface area contributed by atoms with E-state index < -0.39 is 0 Å². The van der Waals surface area contributed by atoms with E-state index in [1.165, 1.54) is 83.1 Å². The van der Waals surface area contributed by atoms with Gasteiger partial charge in [0.05, 0.1) is 6.61 Å². The Bertz CT molecular complexity index is 523. The fourth-order valence-corrected chi connectivity index (χ4v) is 5.06. The highest BCUT2D eigenvalue weighted by Crippen LogP contribution is 2.40. The lowest BCUT2D eigenvalue weighted by Gasteiger charge is -2.34. The van der Waals surface area contributed by atoms with Gasteiger partial charge in [-0.25, -0.2) is 0 Å². The van der Waals surface area contributed by atoms with Crippen LogP contribution in [-0.4, -0.2) is 48.6 Å². The molecule has 138 valence electrons. The van der Waals surface area contributed by atoms with Gasteiger partial charge in [0, 0.05) is 18.6 Å². The first-order valence-electron chi connectivity index (χ1n) is 10.6. The molecule has 3 nitrogen and oxygen atoms in total. The second kappa shape index (κ2) is 8.55. The fourth-order valence-electron chi connectivity index (χ4n) is 5.06. The zero-order chi connectivity index (χ0) is 16.9. The summed E-state index contributed by atoms with van der Waals surface area (Å²) in [6.07, 6.45) is 12.2. The number of rotatable bonds is 6. The zero-order valence-corrected chi connectivity index (χ0v) is 15.7. The molecule has 0 aliphatic carbocycles. The van der Waals surface area contributed by atoms with E-state index in [0.29, 0.717) is 6.04 Å². The van der Waals surface area contributed by atoms with E-state index in [9.17, 15) is 0 Å². The Morgan fingerprint density at radius 2 is 1.64 bits per heavy atom. The van der Waals surface area contributed by atoms with Gasteiger partial charge in [-0.05, 0) is 82.3 Å². The minimum Gasteiger partial charge on any atom is -0.494 e. The van der Waals surface area contributed by atoms with E-state index in [1.54, 1.807) is 0 Å². The summed E-state index contributed by atoms with van der Waals surface area (Å²) < 4.78 is 5.98. The summed E-state index contributed by atoms with van der Waals surface area (Å²) >= 11 is 0. The third kappa shape index (κ3) is 4.38. The average Bonchev–Trinajstić information content (AvgIpc) is 3.11. The predicted octanol–water partition coefficient (Wildman–Crippen LogP) is 4.63. The van der Waals surface area contributed by atoms with Crippen molar-refractivity contribution in [2.24, 2.45) is 0 Å². The topological polar surface area (TPSA) is 15.7 Å². The summed E-state index contributed by atoms with van der Waals surface area (Å²) in [5, 5.41) is 0. The summed E-state index contributed by atoms with van der Waals surface area (Å²) in [5.41, 5.74) is 1.49. The van der Waals surface area contributed by atoms with Crippen LogP contribution in [0.1, 0.15) is 69.4 Å². The number of fused-ring (bicyclic) bond motifs is 1. The second-order valence-corrected chi connectivity index (χ2v) is 8.15. The summed E-state index contributed by atoms with van der Waals surface area (Å²) in [7, 11) is 0. The van der Waals surface area contributed by atoms with Gasteiger partial charge in [0.1, 0.15) is 5.75 Å². The van der Waals surface area contributed by atoms with Gasteiger partial charge in [0.2, 0.25) is 0 Å². The highest BCUT2D eigenvalue weighted by atomic mass is 16.5. The molecule has 3 aliphatic rings. The van der Waals surface area contributed by atoms with Gasteiger partial charge in [-0.15, -0.1) is 0 Å². The third-order valence-electron chi connectivity index (χ3n) is 6.45. The quantitative estimate of drug-likeness (QED) is 0.701. The maximum atomic E-state index is 5.98. The van der Waals surface area contributed by atoms with Gasteiger partial charge in [0.25, 0.3) is 0 Å². The van der Waals surface area contributed by atoms with Crippen LogP contribution >= 0.6 is 0 Å². The van der Waals surface area contributed by atoms with Crippen LogP contribution < -0.4 is 4.74 Å². The lowest BCUT2D eigenvalue weighted by atomic mass is 10.0. The number of hydrogen-bond donors (Lipinski definition) is 0. The average molecular weight is 343 g/mol. The molecule has 3 saturated heterocycles. The van der Waals surface area contributed by atoms with E-state index in [-0.39, 0.29) is 0 Å². The highest BCUT2D eigenvalue weighted by molar-refractivity contribution is 5.30. The Balaban J connectivity index is 1.23. The number of hydrogen-bond acceptors (Lipinski definition) is 3. The Morgan fingerprint density at radius 3 is 2.48 bits per heavy atom. The van der Waals surface area contributed by atoms with Crippen molar-refractivity contribution >= 4 is 0 Å². The van der Waals surface area contributed by atoms with Crippen LogP contribution in [0.3, 0.4) is 0 Å². The standard InChI is InChI=1S/C22H34N2O/c1-3-14-23(15-4-1)16-6-18-25-21-11-8-19(9-12-21)22-13-10-20-7-2-5-17-24(20)22/h8-9,11-12,20,22H,1-7,10,13-18H2. The molecular weight excluding hydrogens is 308 g/mol. The molecule has 3 aliphatic heterocycles. The first-order chi connectivity index (χ1) is 12.4. The summed E-state index contributed by atoms with van der Waals surface area (Å²) in [6.45, 7) is 5.90. The molecule has 4 rings (SSSR count). The van der Waals surface area contributed by atoms with Crippen molar-refractivity contribution < 1.29 is 4.74 Å². The van der Waals surface area contributed by atoms with Gasteiger partial charge in [0.15, 0.2) is 0 Å². The SMILES string of the molecule is c1cc(C2CCC3CCCCN32)ccc1OCCCN1CCCCC1. The maximum absolute atomic E-state index is 5.98. The number of ether oxygens (including phenoxy) is 1. The molecule has 3 heterocycles. The first kappa shape index (κ1) is 17.4. The molecule has 2 unspecified atom stereocenters. The molecule has 1 aromatic carbocycles. The molecule has 0 bridgehead atoms. The Labute approximate surface area is 153 Å². The second-order valence-electron chi connectivity index (χ2n) is 8.15. The van der Waals surface area contributed by atoms with Crippen molar-refractivity contribution in [1.82, 2.24) is 9.80 Å². The fraction of sp³-hybridized carbons (Fsp3) is 0.727. The van der Waals surface area contributed by atoms with Gasteiger partial charge in [-0.3, -0.25) is 4.90 Å². The van der Waals surface area contributed by atoms with Crippen LogP contribution in [-0.2, 0) is 0 Å². The van der Waals surface area contributed by atoms with Crippen LogP contribution in [0.25, 0.3) is 0 Å². The predicted molar refractivity (Wildman–Crippen MR) is 103 cm³/mol. The summed E-state index contributed by atoms with van der Waals surface area (Å²) in [6, 6.07) is 10.5. The molecule has 0 saturated carbocycles. The van der Waals surface area contributed by atoms with Crippen molar-refractivity contribution in [3.8, 4) is 5.75 Å². The Kier molecular flexibility index (Phi) is 5.94. The minimum atomic E-state index is 0.651. The lowest BCUT2D eigenvalue weighted by Crippen LogP contribution is -2.35. The van der Waals surface area contributed by atoms with E-state index in [2.05, 4.69) is 34.1 Å². The molecule has 0 aromatic heterocycles. The zero-order valence-electron chi connectivity index (χ0n) is 15.7. The molecule has 0 amide bonds. The van der Waals surface area contributed by atoms with Gasteiger partial charge in [-0.2, -0.15) is 0 Å².